The number of likely N-dealkylation sites (tertiary alicyclic amines) is 1. The molecule has 7 nitrogen and oxygen atoms in total. The molecule has 162 valence electrons. The van der Waals surface area contributed by atoms with Crippen molar-refractivity contribution < 1.29 is 4.79 Å². The Balaban J connectivity index is 1.48. The van der Waals surface area contributed by atoms with Crippen LogP contribution < -0.4 is 5.32 Å². The highest BCUT2D eigenvalue weighted by atomic mass is 32.1. The van der Waals surface area contributed by atoms with E-state index in [-0.39, 0.29) is 11.8 Å². The van der Waals surface area contributed by atoms with Crippen LogP contribution >= 0.6 is 11.3 Å². The Morgan fingerprint density at radius 3 is 2.52 bits per heavy atom. The first-order valence-corrected chi connectivity index (χ1v) is 11.5. The van der Waals surface area contributed by atoms with Crippen LogP contribution in [0.25, 0.3) is 0 Å². The van der Waals surface area contributed by atoms with Gasteiger partial charge in [-0.3, -0.25) is 9.78 Å². The molecule has 0 saturated carbocycles. The molecule has 1 aliphatic rings. The average Bonchev–Trinajstić information content (AvgIpc) is 3.11. The van der Waals surface area contributed by atoms with Crippen LogP contribution in [0.5, 0.6) is 0 Å². The van der Waals surface area contributed by atoms with E-state index in [1.54, 1.807) is 11.3 Å². The summed E-state index contributed by atoms with van der Waals surface area (Å²) in [6.07, 6.45) is 2.37. The Bertz CT molecular complexity index is 1080. The van der Waals surface area contributed by atoms with E-state index in [0.29, 0.717) is 18.9 Å². The number of carbonyl (C=O) groups excluding carboxylic acids is 1. The molecule has 0 bridgehead atoms. The number of nitrogens with zero attached hydrogens (tertiary/aromatic N) is 5. The smallest absolute Gasteiger partial charge is 0.228 e. The van der Waals surface area contributed by atoms with Crippen molar-refractivity contribution in [2.75, 3.05) is 18.4 Å². The predicted octanol–water partition coefficient (Wildman–Crippen LogP) is 4.25. The molecular formula is C23H28N6OS. The fraction of sp³-hybridized carbons (Fsp3) is 0.435. The summed E-state index contributed by atoms with van der Waals surface area (Å²) >= 11 is 1.59. The summed E-state index contributed by atoms with van der Waals surface area (Å²) < 4.78 is 0. The summed E-state index contributed by atoms with van der Waals surface area (Å²) in [6, 6.07) is 6.02. The average molecular weight is 437 g/mol. The molecule has 4 rings (SSSR count). The van der Waals surface area contributed by atoms with Gasteiger partial charge in [0.2, 0.25) is 11.9 Å². The van der Waals surface area contributed by atoms with Gasteiger partial charge in [-0.05, 0) is 58.7 Å². The highest BCUT2D eigenvalue weighted by Crippen LogP contribution is 2.29. The quantitative estimate of drug-likeness (QED) is 0.644. The maximum atomic E-state index is 12.8. The first kappa shape index (κ1) is 21.4. The van der Waals surface area contributed by atoms with Crippen molar-refractivity contribution in [3.63, 3.8) is 0 Å². The molecule has 8 heteroatoms. The molecule has 0 aliphatic carbocycles. The summed E-state index contributed by atoms with van der Waals surface area (Å²) in [5, 5.41) is 6.30. The van der Waals surface area contributed by atoms with Gasteiger partial charge in [0.1, 0.15) is 0 Å². The molecule has 31 heavy (non-hydrogen) atoms. The van der Waals surface area contributed by atoms with Crippen LogP contribution in [-0.4, -0.2) is 43.8 Å². The molecule has 0 unspecified atom stereocenters. The van der Waals surface area contributed by atoms with Crippen molar-refractivity contribution in [3.05, 3.63) is 57.1 Å². The molecule has 1 N–H and O–H groups in total. The highest BCUT2D eigenvalue weighted by Gasteiger charge is 2.26. The lowest BCUT2D eigenvalue weighted by Gasteiger charge is -2.32. The van der Waals surface area contributed by atoms with Gasteiger partial charge in [-0.1, -0.05) is 0 Å². The first-order valence-electron chi connectivity index (χ1n) is 10.6. The second kappa shape index (κ2) is 9.09. The van der Waals surface area contributed by atoms with Crippen molar-refractivity contribution in [1.29, 1.82) is 0 Å². The molecule has 0 aromatic carbocycles. The van der Waals surface area contributed by atoms with Crippen molar-refractivity contribution in [3.8, 4) is 0 Å². The molecule has 1 fully saturated rings. The number of pyridine rings is 1. The number of thiazole rings is 1. The second-order valence-corrected chi connectivity index (χ2v) is 9.30. The molecule has 1 saturated heterocycles. The number of aromatic nitrogens is 4. The van der Waals surface area contributed by atoms with Gasteiger partial charge in [0.25, 0.3) is 0 Å². The molecule has 3 aromatic rings. The van der Waals surface area contributed by atoms with Gasteiger partial charge in [-0.25, -0.2) is 15.0 Å². The number of anilines is 2. The molecule has 3 aromatic heterocycles. The highest BCUT2D eigenvalue weighted by molar-refractivity contribution is 7.09. The predicted molar refractivity (Wildman–Crippen MR) is 123 cm³/mol. The van der Waals surface area contributed by atoms with E-state index in [1.807, 2.05) is 50.1 Å². The SMILES string of the molecule is Cc1cc(Nc2nc(C)cc(C)n2)cc([C@H]2CCCN(C(=O)Cc3csc(C)n3)C2)n1. The number of carbonyl (C=O) groups is 1. The summed E-state index contributed by atoms with van der Waals surface area (Å²) in [5.74, 6) is 0.952. The lowest BCUT2D eigenvalue weighted by Crippen LogP contribution is -2.40. The second-order valence-electron chi connectivity index (χ2n) is 8.23. The zero-order chi connectivity index (χ0) is 22.0. The fourth-order valence-corrected chi connectivity index (χ4v) is 4.70. The van der Waals surface area contributed by atoms with Crippen LogP contribution in [-0.2, 0) is 11.2 Å². The van der Waals surface area contributed by atoms with Crippen molar-refractivity contribution >= 4 is 28.9 Å². The molecule has 1 aliphatic heterocycles. The lowest BCUT2D eigenvalue weighted by atomic mass is 9.93. The van der Waals surface area contributed by atoms with Gasteiger partial charge in [0.15, 0.2) is 0 Å². The molecule has 0 radical (unpaired) electrons. The van der Waals surface area contributed by atoms with Crippen LogP contribution in [0.15, 0.2) is 23.6 Å². The Kier molecular flexibility index (Phi) is 6.27. The minimum atomic E-state index is 0.143. The van der Waals surface area contributed by atoms with Gasteiger partial charge in [-0.15, -0.1) is 11.3 Å². The van der Waals surface area contributed by atoms with E-state index in [0.717, 1.165) is 58.6 Å². The minimum absolute atomic E-state index is 0.143. The third-order valence-electron chi connectivity index (χ3n) is 5.40. The number of aryl methyl sites for hydroxylation is 4. The van der Waals surface area contributed by atoms with Crippen LogP contribution in [0.3, 0.4) is 0 Å². The van der Waals surface area contributed by atoms with Crippen LogP contribution in [0, 0.1) is 27.7 Å². The Morgan fingerprint density at radius 2 is 1.81 bits per heavy atom. The number of amides is 1. The number of rotatable bonds is 5. The third-order valence-corrected chi connectivity index (χ3v) is 6.23. The molecule has 0 spiro atoms. The Morgan fingerprint density at radius 1 is 1.06 bits per heavy atom. The summed E-state index contributed by atoms with van der Waals surface area (Å²) in [4.78, 5) is 33.0. The molecule has 4 heterocycles. The summed E-state index contributed by atoms with van der Waals surface area (Å²) in [6.45, 7) is 9.37. The number of hydrogen-bond acceptors (Lipinski definition) is 7. The van der Waals surface area contributed by atoms with Crippen molar-refractivity contribution in [2.24, 2.45) is 0 Å². The van der Waals surface area contributed by atoms with Gasteiger partial charge in [-0.2, -0.15) is 0 Å². The van der Waals surface area contributed by atoms with Gasteiger partial charge < -0.3 is 10.2 Å². The van der Waals surface area contributed by atoms with E-state index in [9.17, 15) is 4.79 Å². The van der Waals surface area contributed by atoms with Gasteiger partial charge >= 0.3 is 0 Å². The molecule has 1 amide bonds. The standard InChI is InChI=1S/C23H28N6OS/c1-14-8-15(2)26-23(25-14)28-19-9-16(3)24-21(10-19)18-6-5-7-29(12-18)22(30)11-20-13-31-17(4)27-20/h8-10,13,18H,5-7,11-12H2,1-4H3,(H,24,25,26,28)/t18-/m0/s1. The van der Waals surface area contributed by atoms with E-state index in [1.165, 1.54) is 0 Å². The number of hydrogen-bond donors (Lipinski definition) is 1. The van der Waals surface area contributed by atoms with E-state index in [4.69, 9.17) is 4.98 Å². The van der Waals surface area contributed by atoms with Gasteiger partial charge in [0.05, 0.1) is 17.1 Å². The van der Waals surface area contributed by atoms with Crippen molar-refractivity contribution in [2.45, 2.75) is 52.9 Å². The normalized spacial score (nSPS) is 16.4. The summed E-state index contributed by atoms with van der Waals surface area (Å²) in [7, 11) is 0. The van der Waals surface area contributed by atoms with E-state index >= 15 is 0 Å². The summed E-state index contributed by atoms with van der Waals surface area (Å²) in [5.41, 5.74) is 5.59. The maximum Gasteiger partial charge on any atom is 0.228 e. The lowest BCUT2D eigenvalue weighted by molar-refractivity contribution is -0.131. The molecule has 1 atom stereocenters. The first-order chi connectivity index (χ1) is 14.9. The van der Waals surface area contributed by atoms with E-state index in [2.05, 4.69) is 26.3 Å². The number of nitrogens with one attached hydrogen (secondary N) is 1. The Hall–Kier alpha value is -2.87. The largest absolute Gasteiger partial charge is 0.342 e. The topological polar surface area (TPSA) is 83.9 Å². The molecular weight excluding hydrogens is 408 g/mol. The zero-order valence-electron chi connectivity index (χ0n) is 18.5. The van der Waals surface area contributed by atoms with Crippen molar-refractivity contribution in [1.82, 2.24) is 24.8 Å². The number of piperidine rings is 1. The van der Waals surface area contributed by atoms with Crippen LogP contribution in [0.4, 0.5) is 11.6 Å². The monoisotopic (exact) mass is 436 g/mol. The fourth-order valence-electron chi connectivity index (χ4n) is 4.09. The zero-order valence-corrected chi connectivity index (χ0v) is 19.3. The Labute approximate surface area is 187 Å². The van der Waals surface area contributed by atoms with Gasteiger partial charge in [0, 0.05) is 52.9 Å². The van der Waals surface area contributed by atoms with Crippen LogP contribution in [0.2, 0.25) is 0 Å². The van der Waals surface area contributed by atoms with E-state index < -0.39 is 0 Å². The minimum Gasteiger partial charge on any atom is -0.342 e. The van der Waals surface area contributed by atoms with Crippen LogP contribution in [0.1, 0.15) is 52.2 Å². The third kappa shape index (κ3) is 5.44. The maximum absolute atomic E-state index is 12.8.